The van der Waals surface area contributed by atoms with Crippen LogP contribution in [0.4, 0.5) is 5.69 Å². The van der Waals surface area contributed by atoms with Crippen molar-refractivity contribution in [1.82, 2.24) is 4.31 Å². The number of methoxy groups -OCH3 is 2. The van der Waals surface area contributed by atoms with Crippen LogP contribution in [0.1, 0.15) is 16.7 Å². The average Bonchev–Trinajstić information content (AvgIpc) is 3.06. The molecule has 1 atom stereocenters. The molecule has 0 aromatic heterocycles. The number of benzene rings is 3. The smallest absolute Gasteiger partial charge is 0.326 e. The van der Waals surface area contributed by atoms with Gasteiger partial charge in [0.1, 0.15) is 16.8 Å². The van der Waals surface area contributed by atoms with E-state index in [0.29, 0.717) is 10.7 Å². The van der Waals surface area contributed by atoms with Gasteiger partial charge in [-0.25, -0.2) is 8.42 Å². The minimum absolute atomic E-state index is 0.00619. The highest BCUT2D eigenvalue weighted by molar-refractivity contribution is 7.89. The van der Waals surface area contributed by atoms with Crippen molar-refractivity contribution < 1.29 is 22.7 Å². The van der Waals surface area contributed by atoms with Gasteiger partial charge in [-0.1, -0.05) is 54.7 Å². The molecule has 35 heavy (non-hydrogen) atoms. The van der Waals surface area contributed by atoms with Crippen molar-refractivity contribution in [2.24, 2.45) is 0 Å². The van der Waals surface area contributed by atoms with Crippen LogP contribution in [0.25, 0.3) is 0 Å². The molecule has 0 bridgehead atoms. The second-order valence-electron chi connectivity index (χ2n) is 8.12. The van der Waals surface area contributed by atoms with E-state index in [2.05, 4.69) is 0 Å². The molecule has 1 aliphatic heterocycles. The minimum Gasteiger partial charge on any atom is -0.497 e. The van der Waals surface area contributed by atoms with Crippen LogP contribution < -0.4 is 9.64 Å². The highest BCUT2D eigenvalue weighted by Gasteiger charge is 2.41. The van der Waals surface area contributed by atoms with E-state index in [4.69, 9.17) is 21.7 Å². The Labute approximate surface area is 210 Å². The van der Waals surface area contributed by atoms with E-state index in [9.17, 15) is 13.2 Å². The SMILES string of the molecule is COC(=O)C1CN(C(=S)c2ccccc2C)c2ccccc2CN1S(=O)(=O)c1ccc(OC)cc1. The summed E-state index contributed by atoms with van der Waals surface area (Å²) >= 11 is 5.89. The lowest BCUT2D eigenvalue weighted by Gasteiger charge is -2.31. The van der Waals surface area contributed by atoms with Gasteiger partial charge in [-0.3, -0.25) is 4.79 Å². The predicted octanol–water partition coefficient (Wildman–Crippen LogP) is 3.93. The summed E-state index contributed by atoms with van der Waals surface area (Å²) in [5, 5.41) is 0. The predicted molar refractivity (Wildman–Crippen MR) is 138 cm³/mol. The summed E-state index contributed by atoms with van der Waals surface area (Å²) in [7, 11) is -1.31. The van der Waals surface area contributed by atoms with Crippen molar-refractivity contribution in [3.05, 3.63) is 89.5 Å². The lowest BCUT2D eigenvalue weighted by atomic mass is 10.1. The number of ether oxygens (including phenoxy) is 2. The van der Waals surface area contributed by atoms with Crippen molar-refractivity contribution >= 4 is 38.9 Å². The molecule has 0 aliphatic carbocycles. The molecule has 1 heterocycles. The van der Waals surface area contributed by atoms with E-state index in [1.165, 1.54) is 30.7 Å². The summed E-state index contributed by atoms with van der Waals surface area (Å²) < 4.78 is 39.0. The van der Waals surface area contributed by atoms with Gasteiger partial charge >= 0.3 is 5.97 Å². The Kier molecular flexibility index (Phi) is 7.20. The number of rotatable bonds is 5. The third-order valence-corrected chi connectivity index (χ3v) is 8.38. The summed E-state index contributed by atoms with van der Waals surface area (Å²) in [6.45, 7) is 1.95. The summed E-state index contributed by atoms with van der Waals surface area (Å²) in [5.41, 5.74) is 3.30. The quantitative estimate of drug-likeness (QED) is 0.380. The highest BCUT2D eigenvalue weighted by Crippen LogP contribution is 2.33. The molecule has 0 fully saturated rings. The van der Waals surface area contributed by atoms with Gasteiger partial charge in [-0.2, -0.15) is 4.31 Å². The standard InChI is InChI=1S/C26H26N2O5S2/c1-18-8-4-6-10-22(18)25(34)27-17-24(26(29)33-3)28(16-19-9-5-7-11-23(19)27)35(30,31)21-14-12-20(32-2)13-15-21/h4-15,24H,16-17H2,1-3H3. The molecular weight excluding hydrogens is 484 g/mol. The van der Waals surface area contributed by atoms with Gasteiger partial charge in [-0.15, -0.1) is 0 Å². The number of para-hydroxylation sites is 1. The Balaban J connectivity index is 1.84. The van der Waals surface area contributed by atoms with Crippen LogP contribution in [0.15, 0.2) is 77.7 Å². The van der Waals surface area contributed by atoms with E-state index >= 15 is 0 Å². The zero-order valence-corrected chi connectivity index (χ0v) is 21.3. The van der Waals surface area contributed by atoms with Crippen LogP contribution in [0.3, 0.4) is 0 Å². The first-order valence-corrected chi connectivity index (χ1v) is 12.8. The van der Waals surface area contributed by atoms with Crippen molar-refractivity contribution in [1.29, 1.82) is 0 Å². The number of carbonyl (C=O) groups is 1. The van der Waals surface area contributed by atoms with Crippen molar-refractivity contribution in [2.45, 2.75) is 24.4 Å². The van der Waals surface area contributed by atoms with E-state index in [-0.39, 0.29) is 18.0 Å². The number of anilines is 1. The summed E-state index contributed by atoms with van der Waals surface area (Å²) in [4.78, 5) is 15.4. The largest absolute Gasteiger partial charge is 0.497 e. The molecular formula is C26H26N2O5S2. The van der Waals surface area contributed by atoms with Gasteiger partial charge in [0.25, 0.3) is 0 Å². The molecule has 0 radical (unpaired) electrons. The number of fused-ring (bicyclic) bond motifs is 1. The van der Waals surface area contributed by atoms with Crippen LogP contribution in [0.5, 0.6) is 5.75 Å². The van der Waals surface area contributed by atoms with Gasteiger partial charge in [0.15, 0.2) is 0 Å². The lowest BCUT2D eigenvalue weighted by Crippen LogP contribution is -2.50. The van der Waals surface area contributed by atoms with Crippen LogP contribution in [0.2, 0.25) is 0 Å². The van der Waals surface area contributed by atoms with Crippen LogP contribution >= 0.6 is 12.2 Å². The maximum absolute atomic E-state index is 13.8. The highest BCUT2D eigenvalue weighted by atomic mass is 32.2. The maximum Gasteiger partial charge on any atom is 0.326 e. The fraction of sp³-hybridized carbons (Fsp3) is 0.231. The van der Waals surface area contributed by atoms with Crippen LogP contribution in [0, 0.1) is 6.92 Å². The Morgan fingerprint density at radius 1 is 0.971 bits per heavy atom. The van der Waals surface area contributed by atoms with Gasteiger partial charge in [0.05, 0.1) is 25.7 Å². The molecule has 0 N–H and O–H groups in total. The van der Waals surface area contributed by atoms with E-state index < -0.39 is 22.0 Å². The van der Waals surface area contributed by atoms with Crippen LogP contribution in [-0.2, 0) is 26.1 Å². The number of thiocarbonyl (C=S) groups is 1. The molecule has 0 amide bonds. The zero-order chi connectivity index (χ0) is 25.2. The second-order valence-corrected chi connectivity index (χ2v) is 10.4. The lowest BCUT2D eigenvalue weighted by molar-refractivity contribution is -0.144. The Bertz CT molecular complexity index is 1360. The second kappa shape index (κ2) is 10.2. The molecule has 7 nitrogen and oxygen atoms in total. The van der Waals surface area contributed by atoms with Gasteiger partial charge in [-0.05, 0) is 48.4 Å². The van der Waals surface area contributed by atoms with Crippen LogP contribution in [-0.4, -0.2) is 50.5 Å². The van der Waals surface area contributed by atoms with Gasteiger partial charge < -0.3 is 14.4 Å². The molecule has 3 aromatic rings. The average molecular weight is 511 g/mol. The molecule has 0 saturated heterocycles. The molecule has 1 unspecified atom stereocenters. The van der Waals surface area contributed by atoms with E-state index in [1.54, 1.807) is 12.1 Å². The summed E-state index contributed by atoms with van der Waals surface area (Å²) in [6.07, 6.45) is 0. The maximum atomic E-state index is 13.8. The molecule has 182 valence electrons. The van der Waals surface area contributed by atoms with Crippen molar-refractivity contribution in [3.63, 3.8) is 0 Å². The van der Waals surface area contributed by atoms with E-state index in [0.717, 1.165) is 22.4 Å². The summed E-state index contributed by atoms with van der Waals surface area (Å²) in [5.74, 6) is -0.128. The third kappa shape index (κ3) is 4.80. The Hall–Kier alpha value is -3.27. The van der Waals surface area contributed by atoms with Gasteiger partial charge in [0.2, 0.25) is 10.0 Å². The topological polar surface area (TPSA) is 76.2 Å². The molecule has 9 heteroatoms. The molecule has 3 aromatic carbocycles. The molecule has 4 rings (SSSR count). The zero-order valence-electron chi connectivity index (χ0n) is 19.7. The molecule has 0 saturated carbocycles. The van der Waals surface area contributed by atoms with Gasteiger partial charge in [0, 0.05) is 17.8 Å². The fourth-order valence-electron chi connectivity index (χ4n) is 4.16. The first-order valence-electron chi connectivity index (χ1n) is 11.0. The Morgan fingerprint density at radius 2 is 1.63 bits per heavy atom. The first-order chi connectivity index (χ1) is 16.8. The third-order valence-electron chi connectivity index (χ3n) is 6.07. The molecule has 1 aliphatic rings. The summed E-state index contributed by atoms with van der Waals surface area (Å²) in [6, 6.07) is 20.1. The number of sulfonamides is 1. The number of hydrogen-bond acceptors (Lipinski definition) is 6. The minimum atomic E-state index is -4.07. The number of carbonyl (C=O) groups excluding carboxylic acids is 1. The van der Waals surface area contributed by atoms with Crippen molar-refractivity contribution in [2.75, 3.05) is 25.7 Å². The number of hydrogen-bond donors (Lipinski definition) is 0. The number of esters is 1. The monoisotopic (exact) mass is 510 g/mol. The molecule has 0 spiro atoms. The number of aryl methyl sites for hydroxylation is 1. The van der Waals surface area contributed by atoms with E-state index in [1.807, 2.05) is 60.4 Å². The van der Waals surface area contributed by atoms with Crippen molar-refractivity contribution in [3.8, 4) is 5.75 Å². The Morgan fingerprint density at radius 3 is 2.29 bits per heavy atom. The fourth-order valence-corrected chi connectivity index (χ4v) is 6.11. The number of nitrogens with zero attached hydrogens (tertiary/aromatic N) is 2. The first kappa shape index (κ1) is 24.8. The normalized spacial score (nSPS) is 16.2.